The third kappa shape index (κ3) is 4.19. The van der Waals surface area contributed by atoms with Crippen LogP contribution in [0.15, 0.2) is 42.5 Å². The maximum atomic E-state index is 13.3. The summed E-state index contributed by atoms with van der Waals surface area (Å²) >= 11 is 0. The largest absolute Gasteiger partial charge is 0.497 e. The number of aromatic amines is 1. The number of aromatic nitrogens is 1. The molecule has 2 aliphatic rings. The van der Waals surface area contributed by atoms with Gasteiger partial charge in [-0.1, -0.05) is 12.1 Å². The summed E-state index contributed by atoms with van der Waals surface area (Å²) in [4.78, 5) is 21.4. The zero-order valence-electron chi connectivity index (χ0n) is 18.3. The Morgan fingerprint density at radius 3 is 2.65 bits per heavy atom. The number of aryl methyl sites for hydroxylation is 2. The van der Waals surface area contributed by atoms with Crippen LogP contribution in [-0.2, 0) is 19.4 Å². The van der Waals surface area contributed by atoms with Crippen molar-refractivity contribution in [1.29, 1.82) is 0 Å². The van der Waals surface area contributed by atoms with Crippen LogP contribution in [0, 0.1) is 0 Å². The SMILES string of the molecule is COc1ccc(CN2CCCN(C(=O)c3ccc4[nH]c5c(c4c3)CCCC5)CC2)cc1. The van der Waals surface area contributed by atoms with E-state index >= 15 is 0 Å². The molecule has 5 rings (SSSR count). The number of nitrogens with zero attached hydrogens (tertiary/aromatic N) is 2. The molecule has 1 N–H and O–H groups in total. The minimum absolute atomic E-state index is 0.166. The van der Waals surface area contributed by atoms with E-state index in [2.05, 4.69) is 34.1 Å². The van der Waals surface area contributed by atoms with Crippen molar-refractivity contribution in [3.8, 4) is 5.75 Å². The molecule has 162 valence electrons. The molecule has 1 aromatic heterocycles. The Morgan fingerprint density at radius 1 is 0.968 bits per heavy atom. The highest BCUT2D eigenvalue weighted by molar-refractivity contribution is 5.99. The number of benzene rings is 2. The quantitative estimate of drug-likeness (QED) is 0.684. The number of nitrogens with one attached hydrogen (secondary N) is 1. The van der Waals surface area contributed by atoms with Gasteiger partial charge in [-0.25, -0.2) is 0 Å². The number of fused-ring (bicyclic) bond motifs is 3. The Labute approximate surface area is 184 Å². The monoisotopic (exact) mass is 417 g/mol. The van der Waals surface area contributed by atoms with Crippen LogP contribution in [0.4, 0.5) is 0 Å². The number of rotatable bonds is 4. The van der Waals surface area contributed by atoms with Crippen molar-refractivity contribution in [3.63, 3.8) is 0 Å². The van der Waals surface area contributed by atoms with Crippen LogP contribution in [0.2, 0.25) is 0 Å². The number of amides is 1. The van der Waals surface area contributed by atoms with Gasteiger partial charge in [-0.2, -0.15) is 0 Å². The van der Waals surface area contributed by atoms with Gasteiger partial charge in [-0.15, -0.1) is 0 Å². The van der Waals surface area contributed by atoms with Crippen molar-refractivity contribution in [2.75, 3.05) is 33.3 Å². The van der Waals surface area contributed by atoms with Gasteiger partial charge in [0.1, 0.15) is 5.75 Å². The average Bonchev–Trinajstić information content (AvgIpc) is 3.02. The van der Waals surface area contributed by atoms with Gasteiger partial charge in [0.15, 0.2) is 0 Å². The maximum Gasteiger partial charge on any atom is 0.253 e. The third-order valence-corrected chi connectivity index (χ3v) is 6.79. The summed E-state index contributed by atoms with van der Waals surface area (Å²) in [6.07, 6.45) is 5.75. The Bertz CT molecular complexity index is 1070. The number of carbonyl (C=O) groups is 1. The molecule has 1 saturated heterocycles. The molecule has 0 radical (unpaired) electrons. The van der Waals surface area contributed by atoms with E-state index < -0.39 is 0 Å². The summed E-state index contributed by atoms with van der Waals surface area (Å²) < 4.78 is 5.25. The molecule has 1 aliphatic carbocycles. The van der Waals surface area contributed by atoms with Crippen molar-refractivity contribution in [2.24, 2.45) is 0 Å². The molecular formula is C26H31N3O2. The Kier molecular flexibility index (Phi) is 5.68. The van der Waals surface area contributed by atoms with Crippen molar-refractivity contribution >= 4 is 16.8 Å². The van der Waals surface area contributed by atoms with Gasteiger partial charge in [-0.3, -0.25) is 9.69 Å². The average molecular weight is 418 g/mol. The second-order valence-corrected chi connectivity index (χ2v) is 8.82. The first-order valence-electron chi connectivity index (χ1n) is 11.5. The summed E-state index contributed by atoms with van der Waals surface area (Å²) in [5.41, 5.74) is 6.07. The van der Waals surface area contributed by atoms with Crippen molar-refractivity contribution in [3.05, 3.63) is 64.8 Å². The molecule has 1 aliphatic heterocycles. The first-order valence-corrected chi connectivity index (χ1v) is 11.5. The van der Waals surface area contributed by atoms with E-state index in [9.17, 15) is 4.79 Å². The highest BCUT2D eigenvalue weighted by Crippen LogP contribution is 2.30. The van der Waals surface area contributed by atoms with Crippen LogP contribution in [-0.4, -0.2) is 54.0 Å². The number of hydrogen-bond acceptors (Lipinski definition) is 3. The molecule has 0 saturated carbocycles. The Morgan fingerprint density at radius 2 is 1.81 bits per heavy atom. The number of H-pyrrole nitrogens is 1. The molecule has 1 amide bonds. The zero-order valence-corrected chi connectivity index (χ0v) is 18.3. The van der Waals surface area contributed by atoms with E-state index in [0.717, 1.165) is 63.3 Å². The molecule has 0 bridgehead atoms. The van der Waals surface area contributed by atoms with E-state index in [1.165, 1.54) is 40.6 Å². The molecule has 5 heteroatoms. The van der Waals surface area contributed by atoms with Crippen molar-refractivity contribution in [1.82, 2.24) is 14.8 Å². The molecular weight excluding hydrogens is 386 g/mol. The summed E-state index contributed by atoms with van der Waals surface area (Å²) in [5, 5.41) is 1.25. The fourth-order valence-electron chi connectivity index (χ4n) is 5.04. The lowest BCUT2D eigenvalue weighted by atomic mass is 9.95. The van der Waals surface area contributed by atoms with Crippen LogP contribution in [0.25, 0.3) is 10.9 Å². The van der Waals surface area contributed by atoms with E-state index in [4.69, 9.17) is 4.74 Å². The molecule has 2 aromatic carbocycles. The van der Waals surface area contributed by atoms with Gasteiger partial charge in [0.2, 0.25) is 0 Å². The van der Waals surface area contributed by atoms with Gasteiger partial charge in [-0.05, 0) is 73.6 Å². The molecule has 2 heterocycles. The van der Waals surface area contributed by atoms with Crippen molar-refractivity contribution < 1.29 is 9.53 Å². The second kappa shape index (κ2) is 8.75. The normalized spacial score (nSPS) is 17.4. The first kappa shape index (κ1) is 20.1. The van der Waals surface area contributed by atoms with Crippen LogP contribution in [0.5, 0.6) is 5.75 Å². The van der Waals surface area contributed by atoms with Gasteiger partial charge < -0.3 is 14.6 Å². The predicted octanol–water partition coefficient (Wildman–Crippen LogP) is 4.40. The zero-order chi connectivity index (χ0) is 21.2. The summed E-state index contributed by atoms with van der Waals surface area (Å²) in [5.74, 6) is 1.05. The molecule has 0 unspecified atom stereocenters. The molecule has 0 atom stereocenters. The third-order valence-electron chi connectivity index (χ3n) is 6.79. The summed E-state index contributed by atoms with van der Waals surface area (Å²) in [6.45, 7) is 4.42. The number of ether oxygens (including phenoxy) is 1. The molecule has 3 aromatic rings. The van der Waals surface area contributed by atoms with E-state index in [1.807, 2.05) is 23.1 Å². The van der Waals surface area contributed by atoms with E-state index in [1.54, 1.807) is 7.11 Å². The van der Waals surface area contributed by atoms with Crippen molar-refractivity contribution in [2.45, 2.75) is 38.6 Å². The van der Waals surface area contributed by atoms with E-state index in [-0.39, 0.29) is 5.91 Å². The minimum Gasteiger partial charge on any atom is -0.497 e. The summed E-state index contributed by atoms with van der Waals surface area (Å²) in [6, 6.07) is 14.5. The van der Waals surface area contributed by atoms with Crippen LogP contribution in [0.3, 0.4) is 0 Å². The van der Waals surface area contributed by atoms with Gasteiger partial charge in [0.25, 0.3) is 5.91 Å². The standard InChI is InChI=1S/C26H31N3O2/c1-31-21-10-7-19(8-11-21)18-28-13-4-14-29(16-15-28)26(30)20-9-12-25-23(17-20)22-5-2-3-6-24(22)27-25/h7-12,17,27H,2-6,13-16,18H2,1H3. The number of hydrogen-bond donors (Lipinski definition) is 1. The molecule has 0 spiro atoms. The molecule has 31 heavy (non-hydrogen) atoms. The number of carbonyl (C=O) groups excluding carboxylic acids is 1. The smallest absolute Gasteiger partial charge is 0.253 e. The van der Waals surface area contributed by atoms with Crippen LogP contribution >= 0.6 is 0 Å². The van der Waals surface area contributed by atoms with Gasteiger partial charge in [0.05, 0.1) is 7.11 Å². The fraction of sp³-hybridized carbons (Fsp3) is 0.423. The number of methoxy groups -OCH3 is 1. The lowest BCUT2D eigenvalue weighted by molar-refractivity contribution is 0.0761. The minimum atomic E-state index is 0.166. The lowest BCUT2D eigenvalue weighted by Crippen LogP contribution is -2.35. The van der Waals surface area contributed by atoms with Gasteiger partial charge >= 0.3 is 0 Å². The second-order valence-electron chi connectivity index (χ2n) is 8.82. The highest BCUT2D eigenvalue weighted by atomic mass is 16.5. The molecule has 5 nitrogen and oxygen atoms in total. The topological polar surface area (TPSA) is 48.6 Å². The van der Waals surface area contributed by atoms with Crippen LogP contribution in [0.1, 0.15) is 46.4 Å². The predicted molar refractivity (Wildman–Crippen MR) is 124 cm³/mol. The summed E-state index contributed by atoms with van der Waals surface area (Å²) in [7, 11) is 1.69. The fourth-order valence-corrected chi connectivity index (χ4v) is 5.04. The van der Waals surface area contributed by atoms with E-state index in [0.29, 0.717) is 0 Å². The highest BCUT2D eigenvalue weighted by Gasteiger charge is 2.22. The van der Waals surface area contributed by atoms with Crippen LogP contribution < -0.4 is 4.74 Å². The molecule has 1 fully saturated rings. The lowest BCUT2D eigenvalue weighted by Gasteiger charge is -2.22. The Hall–Kier alpha value is -2.79. The first-order chi connectivity index (χ1) is 15.2. The maximum absolute atomic E-state index is 13.3. The Balaban J connectivity index is 1.26. The van der Waals surface area contributed by atoms with Gasteiger partial charge in [0, 0.05) is 54.9 Å².